The van der Waals surface area contributed by atoms with Crippen molar-refractivity contribution in [3.8, 4) is 0 Å². The van der Waals surface area contributed by atoms with Crippen molar-refractivity contribution in [2.45, 2.75) is 32.2 Å². The molecule has 0 aliphatic heterocycles. The number of carbonyl (C=O) groups is 2. The molecule has 0 heterocycles. The second-order valence-electron chi connectivity index (χ2n) is 4.95. The number of aliphatic imine (C=N–C) groups is 1. The summed E-state index contributed by atoms with van der Waals surface area (Å²) in [5, 5.41) is 2.72. The summed E-state index contributed by atoms with van der Waals surface area (Å²) in [4.78, 5) is 28.0. The summed E-state index contributed by atoms with van der Waals surface area (Å²) in [5.41, 5.74) is 11.0. The summed E-state index contributed by atoms with van der Waals surface area (Å²) in [6.07, 6.45) is 1.88. The van der Waals surface area contributed by atoms with E-state index in [0.29, 0.717) is 24.9 Å². The van der Waals surface area contributed by atoms with Gasteiger partial charge in [0.05, 0.1) is 6.61 Å². The number of nitrogens with zero attached hydrogens (tertiary/aromatic N) is 1. The van der Waals surface area contributed by atoms with Crippen molar-refractivity contribution < 1.29 is 14.3 Å². The molecule has 0 saturated carbocycles. The third-order valence-electron chi connectivity index (χ3n) is 3.11. The molecule has 0 bridgehead atoms. The van der Waals surface area contributed by atoms with Gasteiger partial charge < -0.3 is 21.5 Å². The van der Waals surface area contributed by atoms with Gasteiger partial charge in [-0.25, -0.2) is 4.79 Å². The highest BCUT2D eigenvalue weighted by atomic mass is 16.5. The van der Waals surface area contributed by atoms with Crippen LogP contribution < -0.4 is 16.8 Å². The van der Waals surface area contributed by atoms with Crippen molar-refractivity contribution in [2.24, 2.45) is 16.5 Å². The van der Waals surface area contributed by atoms with E-state index in [1.54, 1.807) is 31.2 Å². The highest BCUT2D eigenvalue weighted by molar-refractivity contribution is 5.96. The first kappa shape index (κ1) is 18.5. The number of guanidine groups is 1. The molecule has 126 valence electrons. The molecule has 1 atom stereocenters. The Hall–Kier alpha value is -2.57. The predicted molar refractivity (Wildman–Crippen MR) is 88.9 cm³/mol. The number of unbranched alkanes of at least 4 members (excludes halogenated alkanes) is 1. The maximum atomic E-state index is 12.2. The van der Waals surface area contributed by atoms with Crippen molar-refractivity contribution in [1.29, 1.82) is 0 Å². The van der Waals surface area contributed by atoms with Gasteiger partial charge in [0, 0.05) is 12.1 Å². The van der Waals surface area contributed by atoms with E-state index in [9.17, 15) is 9.59 Å². The monoisotopic (exact) mass is 320 g/mol. The van der Waals surface area contributed by atoms with Gasteiger partial charge in [-0.3, -0.25) is 9.79 Å². The molecule has 1 unspecified atom stereocenters. The molecule has 5 N–H and O–H groups in total. The van der Waals surface area contributed by atoms with Gasteiger partial charge in [-0.2, -0.15) is 0 Å². The third-order valence-corrected chi connectivity index (χ3v) is 3.11. The average molecular weight is 320 g/mol. The maximum absolute atomic E-state index is 12.2. The lowest BCUT2D eigenvalue weighted by Crippen LogP contribution is -2.41. The van der Waals surface area contributed by atoms with Crippen molar-refractivity contribution in [3.05, 3.63) is 35.9 Å². The van der Waals surface area contributed by atoms with Gasteiger partial charge >= 0.3 is 5.97 Å². The zero-order valence-electron chi connectivity index (χ0n) is 13.3. The highest BCUT2D eigenvalue weighted by Gasteiger charge is 2.22. The number of nitrogens with two attached hydrogens (primary N) is 2. The molecular weight excluding hydrogens is 296 g/mol. The van der Waals surface area contributed by atoms with Crippen LogP contribution in [-0.4, -0.2) is 37.0 Å². The Kier molecular flexibility index (Phi) is 8.20. The number of carbonyl (C=O) groups excluding carboxylic acids is 2. The number of amides is 1. The van der Waals surface area contributed by atoms with Gasteiger partial charge in [-0.15, -0.1) is 0 Å². The van der Waals surface area contributed by atoms with E-state index in [0.717, 1.165) is 6.42 Å². The Balaban J connectivity index is 2.56. The molecule has 1 aromatic carbocycles. The van der Waals surface area contributed by atoms with Crippen LogP contribution in [0.1, 0.15) is 36.5 Å². The number of esters is 1. The van der Waals surface area contributed by atoms with Crippen LogP contribution >= 0.6 is 0 Å². The normalized spacial score (nSPS) is 11.3. The second-order valence-corrected chi connectivity index (χ2v) is 4.95. The van der Waals surface area contributed by atoms with Gasteiger partial charge in [-0.1, -0.05) is 18.2 Å². The number of ether oxygens (including phenoxy) is 1. The van der Waals surface area contributed by atoms with Crippen LogP contribution in [0.25, 0.3) is 0 Å². The van der Waals surface area contributed by atoms with E-state index >= 15 is 0 Å². The first-order valence-electron chi connectivity index (χ1n) is 7.62. The molecule has 0 aliphatic carbocycles. The Morgan fingerprint density at radius 2 is 1.91 bits per heavy atom. The first-order valence-corrected chi connectivity index (χ1v) is 7.62. The highest BCUT2D eigenvalue weighted by Crippen LogP contribution is 2.06. The minimum Gasteiger partial charge on any atom is -0.464 e. The number of rotatable bonds is 9. The third kappa shape index (κ3) is 7.30. The number of hydrogen-bond donors (Lipinski definition) is 3. The van der Waals surface area contributed by atoms with Crippen LogP contribution in [-0.2, 0) is 9.53 Å². The minimum absolute atomic E-state index is 0.0457. The quantitative estimate of drug-likeness (QED) is 0.269. The summed E-state index contributed by atoms with van der Waals surface area (Å²) in [6, 6.07) is 8.06. The van der Waals surface area contributed by atoms with Gasteiger partial charge in [0.15, 0.2) is 5.96 Å². The fourth-order valence-electron chi connectivity index (χ4n) is 1.99. The summed E-state index contributed by atoms with van der Waals surface area (Å²) in [5.74, 6) is -0.684. The SMILES string of the molecule is CCOC(=O)C(CCCCN=C(N)N)NC(=O)c1ccccc1. The summed E-state index contributed by atoms with van der Waals surface area (Å²) < 4.78 is 5.01. The molecule has 23 heavy (non-hydrogen) atoms. The molecule has 1 aromatic rings. The molecule has 0 spiro atoms. The molecule has 7 nitrogen and oxygen atoms in total. The van der Waals surface area contributed by atoms with Gasteiger partial charge in [0.25, 0.3) is 5.91 Å². The van der Waals surface area contributed by atoms with Crippen LogP contribution in [0.2, 0.25) is 0 Å². The maximum Gasteiger partial charge on any atom is 0.328 e. The van der Waals surface area contributed by atoms with E-state index in [2.05, 4.69) is 10.3 Å². The van der Waals surface area contributed by atoms with E-state index in [1.807, 2.05) is 6.07 Å². The Bertz CT molecular complexity index is 527. The zero-order chi connectivity index (χ0) is 17.1. The van der Waals surface area contributed by atoms with Crippen LogP contribution in [0.5, 0.6) is 0 Å². The summed E-state index contributed by atoms with van der Waals surface area (Å²) in [7, 11) is 0. The first-order chi connectivity index (χ1) is 11.0. The van der Waals surface area contributed by atoms with Gasteiger partial charge in [-0.05, 0) is 38.3 Å². The van der Waals surface area contributed by atoms with Crippen LogP contribution in [0.15, 0.2) is 35.3 Å². The summed E-state index contributed by atoms with van der Waals surface area (Å²) in [6.45, 7) is 2.49. The fraction of sp³-hybridized carbons (Fsp3) is 0.438. The standard InChI is InChI=1S/C16H24N4O3/c1-2-23-15(22)13(10-6-7-11-19-16(17)18)20-14(21)12-8-4-3-5-9-12/h3-5,8-9,13H,2,6-7,10-11H2,1H3,(H,20,21)(H4,17,18,19). The molecular formula is C16H24N4O3. The lowest BCUT2D eigenvalue weighted by molar-refractivity contribution is -0.145. The number of hydrogen-bond acceptors (Lipinski definition) is 4. The molecule has 7 heteroatoms. The smallest absolute Gasteiger partial charge is 0.328 e. The number of nitrogens with one attached hydrogen (secondary N) is 1. The zero-order valence-corrected chi connectivity index (χ0v) is 13.3. The Morgan fingerprint density at radius 3 is 2.52 bits per heavy atom. The van der Waals surface area contributed by atoms with Gasteiger partial charge in [0.2, 0.25) is 0 Å². The van der Waals surface area contributed by atoms with Crippen LogP contribution in [0.4, 0.5) is 0 Å². The molecule has 0 fully saturated rings. The van der Waals surface area contributed by atoms with E-state index in [-0.39, 0.29) is 18.5 Å². The van der Waals surface area contributed by atoms with E-state index in [1.165, 1.54) is 0 Å². The topological polar surface area (TPSA) is 120 Å². The van der Waals surface area contributed by atoms with Gasteiger partial charge in [0.1, 0.15) is 6.04 Å². The summed E-state index contributed by atoms with van der Waals surface area (Å²) >= 11 is 0. The number of benzene rings is 1. The van der Waals surface area contributed by atoms with Crippen LogP contribution in [0.3, 0.4) is 0 Å². The molecule has 0 aliphatic rings. The lowest BCUT2D eigenvalue weighted by Gasteiger charge is -2.17. The lowest BCUT2D eigenvalue weighted by atomic mass is 10.1. The molecule has 0 aromatic heterocycles. The van der Waals surface area contributed by atoms with Crippen molar-refractivity contribution >= 4 is 17.8 Å². The minimum atomic E-state index is -0.679. The largest absolute Gasteiger partial charge is 0.464 e. The van der Waals surface area contributed by atoms with Crippen molar-refractivity contribution in [3.63, 3.8) is 0 Å². The second kappa shape index (κ2) is 10.2. The van der Waals surface area contributed by atoms with E-state index < -0.39 is 12.0 Å². The molecule has 1 amide bonds. The average Bonchev–Trinajstić information content (AvgIpc) is 2.54. The molecule has 0 saturated heterocycles. The van der Waals surface area contributed by atoms with Crippen LogP contribution in [0, 0.1) is 0 Å². The molecule has 0 radical (unpaired) electrons. The van der Waals surface area contributed by atoms with Crippen molar-refractivity contribution in [1.82, 2.24) is 5.32 Å². The Morgan fingerprint density at radius 1 is 1.22 bits per heavy atom. The van der Waals surface area contributed by atoms with E-state index in [4.69, 9.17) is 16.2 Å². The van der Waals surface area contributed by atoms with Crippen molar-refractivity contribution in [2.75, 3.05) is 13.2 Å². The predicted octanol–water partition coefficient (Wildman–Crippen LogP) is 0.792. The Labute approximate surface area is 136 Å². The molecule has 1 rings (SSSR count). The fourth-order valence-corrected chi connectivity index (χ4v) is 1.99.